The van der Waals surface area contributed by atoms with E-state index in [9.17, 15) is 18.7 Å². The minimum atomic E-state index is -1.04. The van der Waals surface area contributed by atoms with Gasteiger partial charge in [-0.1, -0.05) is 0 Å². The van der Waals surface area contributed by atoms with Gasteiger partial charge in [-0.15, -0.1) is 0 Å². The number of hydrogen-bond acceptors (Lipinski definition) is 3. The number of halogens is 2. The lowest BCUT2D eigenvalue weighted by molar-refractivity contribution is -0.121. The Kier molecular flexibility index (Phi) is 3.84. The number of carbonyl (C=O) groups is 1. The predicted octanol–water partition coefficient (Wildman–Crippen LogP) is 3.70. The van der Waals surface area contributed by atoms with Crippen molar-refractivity contribution in [3.63, 3.8) is 0 Å². The number of amides is 1. The van der Waals surface area contributed by atoms with Gasteiger partial charge in [-0.3, -0.25) is 10.1 Å². The Balaban J connectivity index is 1.69. The van der Waals surface area contributed by atoms with Crippen LogP contribution in [0.2, 0.25) is 0 Å². The summed E-state index contributed by atoms with van der Waals surface area (Å²) in [5.41, 5.74) is -0.559. The molecule has 0 spiro atoms. The highest BCUT2D eigenvalue weighted by atomic mass is 19.2. The second-order valence-electron chi connectivity index (χ2n) is 8.23. The number of nitrogens with zero attached hydrogens (tertiary/aromatic N) is 2. The summed E-state index contributed by atoms with van der Waals surface area (Å²) in [5.74, 6) is -1.81. The van der Waals surface area contributed by atoms with Crippen LogP contribution < -0.4 is 5.32 Å². The zero-order chi connectivity index (χ0) is 18.7. The lowest BCUT2D eigenvalue weighted by atomic mass is 9.78. The molecule has 1 atom stereocenters. The van der Waals surface area contributed by atoms with Crippen LogP contribution in [0.3, 0.4) is 0 Å². The van der Waals surface area contributed by atoms with Crippen LogP contribution in [-0.4, -0.2) is 26.2 Å². The van der Waals surface area contributed by atoms with Crippen molar-refractivity contribution in [2.75, 3.05) is 5.32 Å². The fraction of sp³-hybridized carbons (Fsp3) is 0.579. The maximum Gasteiger partial charge on any atom is 0.229 e. The molecule has 2 aromatic rings. The summed E-state index contributed by atoms with van der Waals surface area (Å²) in [4.78, 5) is 16.8. The summed E-state index contributed by atoms with van der Waals surface area (Å²) in [6.07, 6.45) is 4.61. The third kappa shape index (κ3) is 2.88. The van der Waals surface area contributed by atoms with Crippen molar-refractivity contribution < 1.29 is 18.7 Å². The summed E-state index contributed by atoms with van der Waals surface area (Å²) in [6.45, 7) is 3.69. The van der Waals surface area contributed by atoms with Gasteiger partial charge >= 0.3 is 0 Å². The van der Waals surface area contributed by atoms with Crippen LogP contribution in [0.1, 0.15) is 52.4 Å². The lowest BCUT2D eigenvalue weighted by Crippen LogP contribution is -2.39. The van der Waals surface area contributed by atoms with Crippen LogP contribution in [0, 0.1) is 17.6 Å². The molecular weight excluding hydrogens is 340 g/mol. The van der Waals surface area contributed by atoms with E-state index in [1.165, 1.54) is 0 Å². The van der Waals surface area contributed by atoms with Gasteiger partial charge in [0.05, 0.1) is 23.1 Å². The second-order valence-corrected chi connectivity index (χ2v) is 8.23. The third-order valence-corrected chi connectivity index (χ3v) is 5.89. The Bertz CT molecular complexity index is 883. The first-order valence-electron chi connectivity index (χ1n) is 9.10. The van der Waals surface area contributed by atoms with E-state index in [4.69, 9.17) is 0 Å². The van der Waals surface area contributed by atoms with Gasteiger partial charge < -0.3 is 9.67 Å². The van der Waals surface area contributed by atoms with Crippen molar-refractivity contribution in [3.05, 3.63) is 23.8 Å². The number of hydrogen-bond donors (Lipinski definition) is 2. The molecule has 2 saturated carbocycles. The molecule has 0 radical (unpaired) electrons. The molecule has 2 N–H and O–H groups in total. The molecule has 140 valence electrons. The molecule has 0 saturated heterocycles. The Hall–Kier alpha value is -2.02. The van der Waals surface area contributed by atoms with Crippen molar-refractivity contribution >= 4 is 22.9 Å². The molecule has 2 aliphatic rings. The summed E-state index contributed by atoms with van der Waals surface area (Å²) in [5, 5.41) is 13.2. The Labute approximate surface area is 150 Å². The van der Waals surface area contributed by atoms with Crippen molar-refractivity contribution in [3.8, 4) is 0 Å². The largest absolute Gasteiger partial charge is 0.389 e. The fourth-order valence-electron chi connectivity index (χ4n) is 3.96. The van der Waals surface area contributed by atoms with Crippen LogP contribution in [-0.2, 0) is 10.3 Å². The average Bonchev–Trinajstić information content (AvgIpc) is 3.30. The smallest absolute Gasteiger partial charge is 0.229 e. The molecule has 1 heterocycles. The van der Waals surface area contributed by atoms with Crippen molar-refractivity contribution in [2.45, 2.75) is 63.5 Å². The van der Waals surface area contributed by atoms with E-state index < -0.39 is 17.2 Å². The summed E-state index contributed by atoms with van der Waals surface area (Å²) < 4.78 is 29.2. The first-order chi connectivity index (χ1) is 12.2. The Morgan fingerprint density at radius 2 is 2.04 bits per heavy atom. The fourth-order valence-corrected chi connectivity index (χ4v) is 3.96. The molecule has 5 nitrogen and oxygen atoms in total. The van der Waals surface area contributed by atoms with Crippen LogP contribution >= 0.6 is 0 Å². The van der Waals surface area contributed by atoms with E-state index in [0.717, 1.165) is 44.2 Å². The quantitative estimate of drug-likeness (QED) is 0.851. The minimum absolute atomic E-state index is 0.0275. The molecule has 4 rings (SSSR count). The number of imidazole rings is 1. The SMILES string of the molecule is CC(O)(CC(=O)Nc1nc2cc(F)c(F)cc2n1C1(C)CCC1)C1CC1. The topological polar surface area (TPSA) is 67.2 Å². The summed E-state index contributed by atoms with van der Waals surface area (Å²) in [6, 6.07) is 2.19. The molecule has 0 aliphatic heterocycles. The monoisotopic (exact) mass is 363 g/mol. The van der Waals surface area contributed by atoms with Crippen molar-refractivity contribution in [1.29, 1.82) is 0 Å². The second kappa shape index (κ2) is 5.74. The van der Waals surface area contributed by atoms with E-state index in [1.54, 1.807) is 11.5 Å². The van der Waals surface area contributed by atoms with Gasteiger partial charge in [-0.05, 0) is 51.9 Å². The molecule has 0 bridgehead atoms. The molecule has 1 amide bonds. The minimum Gasteiger partial charge on any atom is -0.389 e. The van der Waals surface area contributed by atoms with Gasteiger partial charge in [-0.2, -0.15) is 0 Å². The predicted molar refractivity (Wildman–Crippen MR) is 93.7 cm³/mol. The maximum absolute atomic E-state index is 13.8. The van der Waals surface area contributed by atoms with E-state index in [2.05, 4.69) is 10.3 Å². The molecule has 2 fully saturated rings. The number of nitrogens with one attached hydrogen (secondary N) is 1. The highest BCUT2D eigenvalue weighted by Crippen LogP contribution is 2.44. The van der Waals surface area contributed by atoms with Crippen LogP contribution in [0.15, 0.2) is 12.1 Å². The Morgan fingerprint density at radius 1 is 1.38 bits per heavy atom. The molecule has 26 heavy (non-hydrogen) atoms. The highest BCUT2D eigenvalue weighted by Gasteiger charge is 2.42. The van der Waals surface area contributed by atoms with Gasteiger partial charge in [0.2, 0.25) is 11.9 Å². The van der Waals surface area contributed by atoms with E-state index in [-0.39, 0.29) is 29.7 Å². The van der Waals surface area contributed by atoms with Gasteiger partial charge in [0.15, 0.2) is 11.6 Å². The van der Waals surface area contributed by atoms with Crippen LogP contribution in [0.25, 0.3) is 11.0 Å². The van der Waals surface area contributed by atoms with E-state index in [1.807, 2.05) is 6.92 Å². The zero-order valence-electron chi connectivity index (χ0n) is 15.0. The molecule has 7 heteroatoms. The maximum atomic E-state index is 13.8. The van der Waals surface area contributed by atoms with Crippen molar-refractivity contribution in [2.24, 2.45) is 5.92 Å². The number of aliphatic hydroxyl groups is 1. The normalized spacial score (nSPS) is 21.3. The van der Waals surface area contributed by atoms with E-state index >= 15 is 0 Å². The van der Waals surface area contributed by atoms with Gasteiger partial charge in [0.1, 0.15) is 0 Å². The molecule has 1 aromatic carbocycles. The van der Waals surface area contributed by atoms with Crippen LogP contribution in [0.4, 0.5) is 14.7 Å². The zero-order valence-corrected chi connectivity index (χ0v) is 15.0. The average molecular weight is 363 g/mol. The Morgan fingerprint density at radius 3 is 2.62 bits per heavy atom. The highest BCUT2D eigenvalue weighted by molar-refractivity contribution is 5.92. The van der Waals surface area contributed by atoms with Crippen LogP contribution in [0.5, 0.6) is 0 Å². The van der Waals surface area contributed by atoms with Gasteiger partial charge in [0.25, 0.3) is 0 Å². The molecule has 1 unspecified atom stereocenters. The number of anilines is 1. The lowest BCUT2D eigenvalue weighted by Gasteiger charge is -2.41. The number of rotatable bonds is 5. The molecule has 2 aliphatic carbocycles. The standard InChI is InChI=1S/C19H23F2N3O2/c1-18(6-3-7-18)24-15-9-13(21)12(20)8-14(15)22-17(24)23-16(25)10-19(2,26)11-4-5-11/h8-9,11,26H,3-7,10H2,1-2H3,(H,22,23,25). The first-order valence-corrected chi connectivity index (χ1v) is 9.10. The number of fused-ring (bicyclic) bond motifs is 1. The summed E-state index contributed by atoms with van der Waals surface area (Å²) in [7, 11) is 0. The van der Waals surface area contributed by atoms with Gasteiger partial charge in [-0.25, -0.2) is 13.8 Å². The molecule has 1 aromatic heterocycles. The number of carbonyl (C=O) groups excluding carboxylic acids is 1. The first kappa shape index (κ1) is 17.4. The van der Waals surface area contributed by atoms with Crippen molar-refractivity contribution in [1.82, 2.24) is 9.55 Å². The van der Waals surface area contributed by atoms with E-state index in [0.29, 0.717) is 11.0 Å². The molecular formula is C19H23F2N3O2. The number of benzene rings is 1. The third-order valence-electron chi connectivity index (χ3n) is 5.89. The van der Waals surface area contributed by atoms with Gasteiger partial charge in [0, 0.05) is 17.7 Å². The number of aromatic nitrogens is 2. The summed E-state index contributed by atoms with van der Waals surface area (Å²) >= 11 is 0.